The summed E-state index contributed by atoms with van der Waals surface area (Å²) in [5.41, 5.74) is 0. The van der Waals surface area contributed by atoms with Crippen LogP contribution in [0.1, 0.15) is 70.6 Å². The van der Waals surface area contributed by atoms with Crippen LogP contribution in [-0.4, -0.2) is 42.0 Å². The van der Waals surface area contributed by atoms with Gasteiger partial charge in [-0.1, -0.05) is 32.1 Å². The summed E-state index contributed by atoms with van der Waals surface area (Å²) in [5, 5.41) is 6.39. The molecule has 0 unspecified atom stereocenters. The normalized spacial score (nSPS) is 24.6. The van der Waals surface area contributed by atoms with Crippen molar-refractivity contribution in [2.45, 2.75) is 82.7 Å². The summed E-state index contributed by atoms with van der Waals surface area (Å²) < 4.78 is 0. The summed E-state index contributed by atoms with van der Waals surface area (Å²) in [6, 6.07) is 0.718. The van der Waals surface area contributed by atoms with Gasteiger partial charge in [0.1, 0.15) is 0 Å². The third-order valence-electron chi connectivity index (χ3n) is 5.79. The number of amides is 3. The highest BCUT2D eigenvalue weighted by atomic mass is 16.2. The van der Waals surface area contributed by atoms with Crippen molar-refractivity contribution in [2.24, 2.45) is 5.92 Å². The lowest BCUT2D eigenvalue weighted by Crippen LogP contribution is -2.52. The first kappa shape index (κ1) is 16.6. The van der Waals surface area contributed by atoms with Crippen LogP contribution in [0.4, 0.5) is 4.79 Å². The summed E-state index contributed by atoms with van der Waals surface area (Å²) in [7, 11) is 0. The minimum Gasteiger partial charge on any atom is -0.353 e. The molecular formula is C18H31N3O2. The highest BCUT2D eigenvalue weighted by molar-refractivity contribution is 5.79. The maximum absolute atomic E-state index is 12.3. The van der Waals surface area contributed by atoms with Crippen LogP contribution in [-0.2, 0) is 4.79 Å². The Bertz CT molecular complexity index is 406. The third kappa shape index (κ3) is 4.61. The van der Waals surface area contributed by atoms with Crippen molar-refractivity contribution in [1.29, 1.82) is 0 Å². The Morgan fingerprint density at radius 1 is 0.696 bits per heavy atom. The maximum Gasteiger partial charge on any atom is 0.317 e. The molecule has 0 bridgehead atoms. The minimum absolute atomic E-state index is 0.0949. The van der Waals surface area contributed by atoms with Crippen molar-refractivity contribution >= 4 is 11.9 Å². The number of carbonyl (C=O) groups excluding carboxylic acids is 2. The number of carbonyl (C=O) groups is 2. The molecule has 0 spiro atoms. The lowest BCUT2D eigenvalue weighted by atomic mass is 9.95. The van der Waals surface area contributed by atoms with Gasteiger partial charge >= 0.3 is 6.03 Å². The maximum atomic E-state index is 12.3. The van der Waals surface area contributed by atoms with Crippen LogP contribution in [0.3, 0.4) is 0 Å². The van der Waals surface area contributed by atoms with Gasteiger partial charge in [0.25, 0.3) is 0 Å². The third-order valence-corrected chi connectivity index (χ3v) is 5.79. The first-order valence-electron chi connectivity index (χ1n) is 9.58. The van der Waals surface area contributed by atoms with E-state index in [0.717, 1.165) is 51.6 Å². The van der Waals surface area contributed by atoms with E-state index in [0.29, 0.717) is 6.04 Å². The van der Waals surface area contributed by atoms with Crippen LogP contribution in [0.2, 0.25) is 0 Å². The second-order valence-electron chi connectivity index (χ2n) is 7.54. The lowest BCUT2D eigenvalue weighted by Gasteiger charge is -2.34. The number of likely N-dealkylation sites (tertiary alicyclic amines) is 1. The van der Waals surface area contributed by atoms with Gasteiger partial charge in [-0.25, -0.2) is 4.79 Å². The van der Waals surface area contributed by atoms with Crippen molar-refractivity contribution < 1.29 is 9.59 Å². The largest absolute Gasteiger partial charge is 0.353 e. The molecule has 3 rings (SSSR count). The number of piperidine rings is 1. The Labute approximate surface area is 139 Å². The molecule has 3 fully saturated rings. The predicted octanol–water partition coefficient (Wildman–Crippen LogP) is 2.80. The molecule has 130 valence electrons. The Morgan fingerprint density at radius 2 is 1.26 bits per heavy atom. The molecule has 0 aromatic heterocycles. The Kier molecular flexibility index (Phi) is 5.79. The van der Waals surface area contributed by atoms with Crippen molar-refractivity contribution in [3.63, 3.8) is 0 Å². The first-order valence-corrected chi connectivity index (χ1v) is 9.58. The van der Waals surface area contributed by atoms with E-state index in [9.17, 15) is 9.59 Å². The van der Waals surface area contributed by atoms with Crippen molar-refractivity contribution in [3.8, 4) is 0 Å². The molecule has 0 aromatic carbocycles. The first-order chi connectivity index (χ1) is 11.2. The van der Waals surface area contributed by atoms with E-state index in [2.05, 4.69) is 10.6 Å². The van der Waals surface area contributed by atoms with Crippen LogP contribution >= 0.6 is 0 Å². The van der Waals surface area contributed by atoms with Gasteiger partial charge in [-0.15, -0.1) is 0 Å². The fourth-order valence-electron chi connectivity index (χ4n) is 4.25. The lowest BCUT2D eigenvalue weighted by molar-refractivity contribution is -0.125. The Balaban J connectivity index is 1.37. The van der Waals surface area contributed by atoms with Crippen LogP contribution in [0.5, 0.6) is 0 Å². The topological polar surface area (TPSA) is 61.4 Å². The smallest absolute Gasteiger partial charge is 0.317 e. The predicted molar refractivity (Wildman–Crippen MR) is 90.1 cm³/mol. The fraction of sp³-hybridized carbons (Fsp3) is 0.889. The molecule has 1 heterocycles. The Hall–Kier alpha value is -1.26. The van der Waals surface area contributed by atoms with E-state index < -0.39 is 0 Å². The van der Waals surface area contributed by atoms with E-state index in [1.807, 2.05) is 4.90 Å². The van der Waals surface area contributed by atoms with E-state index in [1.54, 1.807) is 0 Å². The number of urea groups is 1. The zero-order valence-corrected chi connectivity index (χ0v) is 14.2. The molecule has 0 atom stereocenters. The van der Waals surface area contributed by atoms with Gasteiger partial charge in [0.05, 0.1) is 0 Å². The number of nitrogens with one attached hydrogen (secondary N) is 2. The van der Waals surface area contributed by atoms with Gasteiger partial charge in [-0.2, -0.15) is 0 Å². The molecule has 0 aromatic rings. The number of hydrogen-bond acceptors (Lipinski definition) is 2. The van der Waals surface area contributed by atoms with Crippen molar-refractivity contribution in [2.75, 3.05) is 13.1 Å². The van der Waals surface area contributed by atoms with Crippen LogP contribution in [0, 0.1) is 5.92 Å². The number of hydrogen-bond donors (Lipinski definition) is 2. The fourth-order valence-corrected chi connectivity index (χ4v) is 4.25. The molecule has 1 saturated heterocycles. The zero-order chi connectivity index (χ0) is 16.1. The molecular weight excluding hydrogens is 290 g/mol. The quantitative estimate of drug-likeness (QED) is 0.839. The molecule has 5 nitrogen and oxygen atoms in total. The average molecular weight is 321 g/mol. The van der Waals surface area contributed by atoms with E-state index in [4.69, 9.17) is 0 Å². The summed E-state index contributed by atoms with van der Waals surface area (Å²) in [6.07, 6.45) is 12.3. The number of rotatable bonds is 3. The second-order valence-corrected chi connectivity index (χ2v) is 7.54. The second kappa shape index (κ2) is 8.02. The van der Waals surface area contributed by atoms with Gasteiger partial charge in [0.15, 0.2) is 0 Å². The van der Waals surface area contributed by atoms with Crippen LogP contribution in [0.15, 0.2) is 0 Å². The van der Waals surface area contributed by atoms with E-state index in [1.165, 1.54) is 32.1 Å². The van der Waals surface area contributed by atoms with E-state index >= 15 is 0 Å². The molecule has 1 aliphatic heterocycles. The molecule has 3 amide bonds. The van der Waals surface area contributed by atoms with Gasteiger partial charge in [-0.3, -0.25) is 4.79 Å². The zero-order valence-electron chi connectivity index (χ0n) is 14.2. The highest BCUT2D eigenvalue weighted by Crippen LogP contribution is 2.25. The summed E-state index contributed by atoms with van der Waals surface area (Å²) in [4.78, 5) is 26.4. The van der Waals surface area contributed by atoms with Crippen molar-refractivity contribution in [3.05, 3.63) is 0 Å². The van der Waals surface area contributed by atoms with E-state index in [-0.39, 0.29) is 23.9 Å². The summed E-state index contributed by atoms with van der Waals surface area (Å²) in [5.74, 6) is 0.482. The molecule has 23 heavy (non-hydrogen) atoms. The molecule has 2 aliphatic carbocycles. The van der Waals surface area contributed by atoms with Gasteiger partial charge in [0, 0.05) is 31.1 Å². The monoisotopic (exact) mass is 321 g/mol. The van der Waals surface area contributed by atoms with Gasteiger partial charge < -0.3 is 15.5 Å². The summed E-state index contributed by atoms with van der Waals surface area (Å²) >= 11 is 0. The summed E-state index contributed by atoms with van der Waals surface area (Å²) in [6.45, 7) is 1.52. The highest BCUT2D eigenvalue weighted by Gasteiger charge is 2.28. The Morgan fingerprint density at radius 3 is 1.91 bits per heavy atom. The molecule has 2 N–H and O–H groups in total. The molecule has 2 saturated carbocycles. The van der Waals surface area contributed by atoms with Crippen molar-refractivity contribution in [1.82, 2.24) is 15.5 Å². The minimum atomic E-state index is 0.0949. The van der Waals surface area contributed by atoms with Gasteiger partial charge in [0.2, 0.25) is 5.91 Å². The average Bonchev–Trinajstić information content (AvgIpc) is 3.11. The van der Waals surface area contributed by atoms with Gasteiger partial charge in [-0.05, 0) is 38.5 Å². The SMILES string of the molecule is O=C(NC1CCN(C(=O)NC2CCCCC2)CC1)C1CCCC1. The number of nitrogens with zero attached hydrogens (tertiary/aromatic N) is 1. The molecule has 0 radical (unpaired) electrons. The molecule has 5 heteroatoms. The standard InChI is InChI=1S/C18H31N3O2/c22-17(14-6-4-5-7-14)19-16-10-12-21(13-11-16)18(23)20-15-8-2-1-3-9-15/h14-16H,1-13H2,(H,19,22)(H,20,23). The van der Waals surface area contributed by atoms with Crippen LogP contribution < -0.4 is 10.6 Å². The van der Waals surface area contributed by atoms with Crippen LogP contribution in [0.25, 0.3) is 0 Å². The molecule has 3 aliphatic rings.